The molecule has 2 atom stereocenters. The molecule has 1 aliphatic heterocycles. The van der Waals surface area contributed by atoms with Gasteiger partial charge in [0, 0.05) is 17.9 Å². The summed E-state index contributed by atoms with van der Waals surface area (Å²) < 4.78 is 47.5. The van der Waals surface area contributed by atoms with Crippen LogP contribution >= 0.6 is 15.9 Å². The molecule has 0 aromatic carbocycles. The van der Waals surface area contributed by atoms with Crippen molar-refractivity contribution in [3.63, 3.8) is 0 Å². The Labute approximate surface area is 90.6 Å². The molecule has 3 nitrogen and oxygen atoms in total. The van der Waals surface area contributed by atoms with Crippen molar-refractivity contribution in [2.24, 2.45) is 5.92 Å². The first-order valence-electron chi connectivity index (χ1n) is 4.25. The van der Waals surface area contributed by atoms with Crippen molar-refractivity contribution in [2.45, 2.75) is 23.9 Å². The van der Waals surface area contributed by atoms with E-state index in [0.29, 0.717) is 0 Å². The molecule has 0 saturated carbocycles. The van der Waals surface area contributed by atoms with Crippen LogP contribution < -0.4 is 0 Å². The second-order valence-electron chi connectivity index (χ2n) is 3.56. The van der Waals surface area contributed by atoms with Crippen LogP contribution in [-0.2, 0) is 10.0 Å². The molecule has 7 heteroatoms. The summed E-state index contributed by atoms with van der Waals surface area (Å²) in [5.74, 6) is -3.20. The molecule has 1 saturated heterocycles. The molecule has 0 aromatic rings. The summed E-state index contributed by atoms with van der Waals surface area (Å²) in [5, 5.41) is 0. The lowest BCUT2D eigenvalue weighted by molar-refractivity contribution is 0.206. The topological polar surface area (TPSA) is 37.4 Å². The lowest BCUT2D eigenvalue weighted by Crippen LogP contribution is -2.45. The molecule has 0 N–H and O–H groups in total. The molecular formula is C7H12BrF2NO2S. The summed E-state index contributed by atoms with van der Waals surface area (Å²) in [6.07, 6.45) is 0.815. The minimum atomic E-state index is -4.40. The van der Waals surface area contributed by atoms with Crippen LogP contribution in [0.1, 0.15) is 13.3 Å². The van der Waals surface area contributed by atoms with E-state index in [1.165, 1.54) is 0 Å². The summed E-state index contributed by atoms with van der Waals surface area (Å²) in [7, 11) is -4.40. The zero-order valence-corrected chi connectivity index (χ0v) is 10.1. The van der Waals surface area contributed by atoms with Crippen molar-refractivity contribution in [3.8, 4) is 0 Å². The van der Waals surface area contributed by atoms with E-state index in [9.17, 15) is 17.2 Å². The molecule has 1 aliphatic rings. The average Bonchev–Trinajstić information content (AvgIpc) is 2.01. The lowest BCUT2D eigenvalue weighted by Gasteiger charge is -2.32. The Bertz CT molecular complexity index is 286. The summed E-state index contributed by atoms with van der Waals surface area (Å²) in [5.41, 5.74) is 0. The molecule has 0 amide bonds. The molecule has 14 heavy (non-hydrogen) atoms. The van der Waals surface area contributed by atoms with Gasteiger partial charge >= 0.3 is 5.76 Å². The highest BCUT2D eigenvalue weighted by Gasteiger charge is 2.36. The van der Waals surface area contributed by atoms with Crippen molar-refractivity contribution in [1.82, 2.24) is 4.31 Å². The van der Waals surface area contributed by atoms with Gasteiger partial charge in [-0.25, -0.2) is 8.42 Å². The van der Waals surface area contributed by atoms with E-state index in [1.807, 2.05) is 6.92 Å². The van der Waals surface area contributed by atoms with Gasteiger partial charge in [-0.15, -0.1) is 0 Å². The van der Waals surface area contributed by atoms with Crippen LogP contribution in [0.2, 0.25) is 0 Å². The predicted octanol–water partition coefficient (Wildman–Crippen LogP) is 1.64. The predicted molar refractivity (Wildman–Crippen MR) is 53.0 cm³/mol. The standard InChI is InChI=1S/C7H12BrF2NO2S/c1-5-2-6(8)4-11(3-5)14(12,13)7(9)10/h5-7H,2-4H2,1H3. The Balaban J connectivity index is 2.78. The van der Waals surface area contributed by atoms with Crippen molar-refractivity contribution < 1.29 is 17.2 Å². The summed E-state index contributed by atoms with van der Waals surface area (Å²) in [6.45, 7) is 2.17. The molecule has 0 aromatic heterocycles. The van der Waals surface area contributed by atoms with Gasteiger partial charge in [0.05, 0.1) is 0 Å². The van der Waals surface area contributed by atoms with Gasteiger partial charge in [0.1, 0.15) is 0 Å². The highest BCUT2D eigenvalue weighted by molar-refractivity contribution is 9.09. The second kappa shape index (κ2) is 4.40. The van der Waals surface area contributed by atoms with Gasteiger partial charge in [0.15, 0.2) is 0 Å². The number of nitrogens with zero attached hydrogens (tertiary/aromatic N) is 1. The van der Waals surface area contributed by atoms with Crippen LogP contribution in [0.15, 0.2) is 0 Å². The Morgan fingerprint density at radius 1 is 1.43 bits per heavy atom. The zero-order valence-electron chi connectivity index (χ0n) is 7.66. The molecule has 0 aliphatic carbocycles. The molecule has 1 fully saturated rings. The summed E-state index contributed by atoms with van der Waals surface area (Å²) >= 11 is 3.26. The molecule has 1 heterocycles. The number of hydrogen-bond donors (Lipinski definition) is 0. The van der Waals surface area contributed by atoms with Crippen LogP contribution in [0, 0.1) is 5.92 Å². The van der Waals surface area contributed by atoms with Gasteiger partial charge in [0.2, 0.25) is 0 Å². The first-order chi connectivity index (χ1) is 6.34. The van der Waals surface area contributed by atoms with Crippen LogP contribution in [0.25, 0.3) is 0 Å². The Hall–Kier alpha value is 0.250. The van der Waals surface area contributed by atoms with Gasteiger partial charge in [-0.3, -0.25) is 0 Å². The number of rotatable bonds is 2. The largest absolute Gasteiger partial charge is 0.350 e. The van der Waals surface area contributed by atoms with Crippen LogP contribution in [-0.4, -0.2) is 36.4 Å². The van der Waals surface area contributed by atoms with Gasteiger partial charge in [-0.05, 0) is 12.3 Å². The molecular weight excluding hydrogens is 280 g/mol. The Morgan fingerprint density at radius 2 is 2.00 bits per heavy atom. The van der Waals surface area contributed by atoms with Gasteiger partial charge in [0.25, 0.3) is 10.0 Å². The number of piperidine rings is 1. The smallest absolute Gasteiger partial charge is 0.206 e. The quantitative estimate of drug-likeness (QED) is 0.726. The summed E-state index contributed by atoms with van der Waals surface area (Å²) in [6, 6.07) is 0. The van der Waals surface area contributed by atoms with Crippen molar-refractivity contribution in [3.05, 3.63) is 0 Å². The van der Waals surface area contributed by atoms with E-state index in [2.05, 4.69) is 15.9 Å². The zero-order chi connectivity index (χ0) is 10.9. The molecule has 0 radical (unpaired) electrons. The van der Waals surface area contributed by atoms with Crippen LogP contribution in [0.4, 0.5) is 8.78 Å². The Morgan fingerprint density at radius 3 is 2.43 bits per heavy atom. The molecule has 0 spiro atoms. The first-order valence-corrected chi connectivity index (χ1v) is 6.67. The molecule has 0 bridgehead atoms. The normalized spacial score (nSPS) is 30.9. The molecule has 1 rings (SSSR count). The minimum absolute atomic E-state index is 0.0280. The fraction of sp³-hybridized carbons (Fsp3) is 1.00. The van der Waals surface area contributed by atoms with Crippen LogP contribution in [0.5, 0.6) is 0 Å². The number of alkyl halides is 3. The highest BCUT2D eigenvalue weighted by atomic mass is 79.9. The van der Waals surface area contributed by atoms with Crippen LogP contribution in [0.3, 0.4) is 0 Å². The van der Waals surface area contributed by atoms with Gasteiger partial charge < -0.3 is 0 Å². The van der Waals surface area contributed by atoms with E-state index in [0.717, 1.165) is 10.7 Å². The van der Waals surface area contributed by atoms with Crippen molar-refractivity contribution >= 4 is 26.0 Å². The molecule has 2 unspecified atom stereocenters. The fourth-order valence-corrected chi connectivity index (χ4v) is 3.80. The van der Waals surface area contributed by atoms with Crippen molar-refractivity contribution in [1.29, 1.82) is 0 Å². The number of sulfonamides is 1. The maximum absolute atomic E-state index is 12.2. The SMILES string of the molecule is CC1CC(Br)CN(S(=O)(=O)C(F)F)C1. The maximum atomic E-state index is 12.2. The number of hydrogen-bond acceptors (Lipinski definition) is 2. The second-order valence-corrected chi connectivity index (χ2v) is 6.76. The van der Waals surface area contributed by atoms with E-state index in [-0.39, 0.29) is 23.8 Å². The van der Waals surface area contributed by atoms with Crippen molar-refractivity contribution in [2.75, 3.05) is 13.1 Å². The van der Waals surface area contributed by atoms with E-state index in [1.54, 1.807) is 0 Å². The monoisotopic (exact) mass is 291 g/mol. The fourth-order valence-electron chi connectivity index (χ4n) is 1.55. The van der Waals surface area contributed by atoms with E-state index in [4.69, 9.17) is 0 Å². The third-order valence-corrected chi connectivity index (χ3v) is 4.29. The van der Waals surface area contributed by atoms with Gasteiger partial charge in [-0.2, -0.15) is 13.1 Å². The minimum Gasteiger partial charge on any atom is -0.206 e. The highest BCUT2D eigenvalue weighted by Crippen LogP contribution is 2.25. The number of halogens is 3. The lowest BCUT2D eigenvalue weighted by atomic mass is 10.0. The van der Waals surface area contributed by atoms with E-state index < -0.39 is 15.8 Å². The van der Waals surface area contributed by atoms with Gasteiger partial charge in [-0.1, -0.05) is 22.9 Å². The molecule has 84 valence electrons. The third kappa shape index (κ3) is 2.64. The third-order valence-electron chi connectivity index (χ3n) is 2.16. The maximum Gasteiger partial charge on any atom is 0.350 e. The summed E-state index contributed by atoms with van der Waals surface area (Å²) in [4.78, 5) is -0.0280. The average molecular weight is 292 g/mol. The first kappa shape index (κ1) is 12.3. The van der Waals surface area contributed by atoms with E-state index >= 15 is 0 Å². The Kier molecular flexibility index (Phi) is 3.87.